The molecule has 0 amide bonds. The normalized spacial score (nSPS) is 19.0. The molecule has 0 heterocycles. The lowest BCUT2D eigenvalue weighted by atomic mass is 9.91. The molecule has 2 atom stereocenters. The fourth-order valence-corrected chi connectivity index (χ4v) is 3.46. The van der Waals surface area contributed by atoms with Gasteiger partial charge in [-0.15, -0.1) is 11.6 Å². The molecule has 150 valence electrons. The van der Waals surface area contributed by atoms with Gasteiger partial charge in [0.05, 0.1) is 16.8 Å². The molecule has 1 aliphatic rings. The van der Waals surface area contributed by atoms with Crippen LogP contribution in [-0.2, 0) is 6.42 Å². The van der Waals surface area contributed by atoms with Crippen LogP contribution < -0.4 is 11.3 Å². The molecule has 29 heavy (non-hydrogen) atoms. The predicted octanol–water partition coefficient (Wildman–Crippen LogP) is 5.31. The monoisotopic (exact) mass is 406 g/mol. The third-order valence-electron chi connectivity index (χ3n) is 5.01. The molecular weight excluding hydrogens is 380 g/mol. The van der Waals surface area contributed by atoms with Crippen molar-refractivity contribution in [3.05, 3.63) is 89.5 Å². The molecule has 5 heteroatoms. The van der Waals surface area contributed by atoms with E-state index in [1.54, 1.807) is 0 Å². The Morgan fingerprint density at radius 3 is 2.59 bits per heavy atom. The van der Waals surface area contributed by atoms with E-state index in [4.69, 9.17) is 27.8 Å². The standard InChI is InChI=1S/C24H27ClN4/c1-17-16-19(14-15-21(17)25)24(26)20-11-5-6-12-22(20)28-23(29-27)13-7-10-18-8-3-2-4-9-18/h2-6,8-9,11-12,14-17,21,26H,7,10,13,27H2,1H3,(H,28,29). The first-order valence-corrected chi connectivity index (χ1v) is 10.3. The summed E-state index contributed by atoms with van der Waals surface area (Å²) in [6.45, 7) is 2.06. The van der Waals surface area contributed by atoms with Crippen molar-refractivity contribution in [1.82, 2.24) is 5.43 Å². The van der Waals surface area contributed by atoms with Crippen LogP contribution in [0.4, 0.5) is 5.69 Å². The lowest BCUT2D eigenvalue weighted by Crippen LogP contribution is -2.30. The molecule has 0 spiro atoms. The van der Waals surface area contributed by atoms with Gasteiger partial charge in [0.1, 0.15) is 5.84 Å². The number of amidine groups is 1. The largest absolute Gasteiger partial charge is 0.312 e. The number of para-hydroxylation sites is 1. The summed E-state index contributed by atoms with van der Waals surface area (Å²) in [7, 11) is 0. The van der Waals surface area contributed by atoms with Crippen LogP contribution in [0.3, 0.4) is 0 Å². The number of nitrogens with zero attached hydrogens (tertiary/aromatic N) is 1. The highest BCUT2D eigenvalue weighted by molar-refractivity contribution is 6.23. The number of hydrogen-bond donors (Lipinski definition) is 3. The van der Waals surface area contributed by atoms with Gasteiger partial charge in [-0.1, -0.05) is 73.7 Å². The quantitative estimate of drug-likeness (QED) is 0.191. The van der Waals surface area contributed by atoms with Crippen LogP contribution in [0, 0.1) is 11.3 Å². The Morgan fingerprint density at radius 1 is 1.14 bits per heavy atom. The molecule has 3 rings (SSSR count). The summed E-state index contributed by atoms with van der Waals surface area (Å²) in [6.07, 6.45) is 8.55. The molecule has 0 radical (unpaired) electrons. The van der Waals surface area contributed by atoms with Gasteiger partial charge in [-0.05, 0) is 36.0 Å². The fourth-order valence-electron chi connectivity index (χ4n) is 3.32. The van der Waals surface area contributed by atoms with Crippen molar-refractivity contribution in [2.75, 3.05) is 0 Å². The van der Waals surface area contributed by atoms with Gasteiger partial charge in [0.2, 0.25) is 0 Å². The number of rotatable bonds is 7. The topological polar surface area (TPSA) is 74.3 Å². The molecule has 0 saturated heterocycles. The van der Waals surface area contributed by atoms with Crippen molar-refractivity contribution in [1.29, 1.82) is 5.41 Å². The maximum absolute atomic E-state index is 8.69. The van der Waals surface area contributed by atoms with Gasteiger partial charge in [-0.3, -0.25) is 5.41 Å². The van der Waals surface area contributed by atoms with Crippen molar-refractivity contribution in [3.63, 3.8) is 0 Å². The van der Waals surface area contributed by atoms with Crippen LogP contribution in [0.25, 0.3) is 0 Å². The Kier molecular flexibility index (Phi) is 7.39. The summed E-state index contributed by atoms with van der Waals surface area (Å²) in [6, 6.07) is 18.1. The van der Waals surface area contributed by atoms with Gasteiger partial charge in [0, 0.05) is 12.0 Å². The molecule has 0 aliphatic heterocycles. The van der Waals surface area contributed by atoms with Crippen LogP contribution in [-0.4, -0.2) is 16.9 Å². The third kappa shape index (κ3) is 5.66. The molecule has 1 aliphatic carbocycles. The second-order valence-corrected chi connectivity index (χ2v) is 7.72. The number of allylic oxidation sites excluding steroid dienone is 4. The Balaban J connectivity index is 1.75. The van der Waals surface area contributed by atoms with Crippen LogP contribution in [0.2, 0.25) is 0 Å². The zero-order chi connectivity index (χ0) is 20.6. The highest BCUT2D eigenvalue weighted by Crippen LogP contribution is 2.27. The molecule has 2 unspecified atom stereocenters. The summed E-state index contributed by atoms with van der Waals surface area (Å²) >= 11 is 6.25. The number of nitrogens with two attached hydrogens (primary N) is 1. The maximum Gasteiger partial charge on any atom is 0.116 e. The molecule has 4 N–H and O–H groups in total. The van der Waals surface area contributed by atoms with E-state index in [-0.39, 0.29) is 11.3 Å². The number of halogens is 1. The second-order valence-electron chi connectivity index (χ2n) is 7.22. The SMILES string of the molecule is CC1C=C(C(=N)c2ccccc2N=C(CCCc2ccccc2)NN)C=CC1Cl. The first kappa shape index (κ1) is 21.0. The van der Waals surface area contributed by atoms with E-state index in [0.717, 1.165) is 36.1 Å². The molecule has 2 aromatic carbocycles. The third-order valence-corrected chi connectivity index (χ3v) is 5.55. The minimum absolute atomic E-state index is 0.0301. The molecular formula is C24H27ClN4. The summed E-state index contributed by atoms with van der Waals surface area (Å²) in [5.41, 5.74) is 6.85. The zero-order valence-corrected chi connectivity index (χ0v) is 17.4. The van der Waals surface area contributed by atoms with Crippen LogP contribution in [0.5, 0.6) is 0 Å². The average Bonchev–Trinajstić information content (AvgIpc) is 2.75. The number of alkyl halides is 1. The van der Waals surface area contributed by atoms with Crippen molar-refractivity contribution in [2.45, 2.75) is 31.6 Å². The molecule has 4 nitrogen and oxygen atoms in total. The molecule has 0 saturated carbocycles. The number of hydrazine groups is 1. The van der Waals surface area contributed by atoms with Crippen molar-refractivity contribution >= 4 is 28.8 Å². The zero-order valence-electron chi connectivity index (χ0n) is 16.6. The van der Waals surface area contributed by atoms with E-state index in [0.29, 0.717) is 11.5 Å². The number of aryl methyl sites for hydroxylation is 1. The first-order chi connectivity index (χ1) is 14.1. The summed E-state index contributed by atoms with van der Waals surface area (Å²) in [4.78, 5) is 4.72. The second kappa shape index (κ2) is 10.2. The highest BCUT2D eigenvalue weighted by Gasteiger charge is 2.18. The molecule has 0 fully saturated rings. The number of benzene rings is 2. The first-order valence-electron chi connectivity index (χ1n) is 9.89. The molecule has 0 aromatic heterocycles. The van der Waals surface area contributed by atoms with Gasteiger partial charge in [-0.25, -0.2) is 10.8 Å². The van der Waals surface area contributed by atoms with Crippen molar-refractivity contribution < 1.29 is 0 Å². The van der Waals surface area contributed by atoms with Crippen molar-refractivity contribution in [2.24, 2.45) is 16.8 Å². The van der Waals surface area contributed by atoms with E-state index in [1.807, 2.05) is 48.6 Å². The Morgan fingerprint density at radius 2 is 1.86 bits per heavy atom. The molecule has 2 aromatic rings. The summed E-state index contributed by atoms with van der Waals surface area (Å²) in [5.74, 6) is 6.63. The predicted molar refractivity (Wildman–Crippen MR) is 123 cm³/mol. The van der Waals surface area contributed by atoms with Gasteiger partial charge >= 0.3 is 0 Å². The van der Waals surface area contributed by atoms with E-state index in [1.165, 1.54) is 5.56 Å². The number of nitrogens with one attached hydrogen (secondary N) is 2. The van der Waals surface area contributed by atoms with E-state index in [2.05, 4.69) is 36.6 Å². The Hall–Kier alpha value is -2.69. The Bertz CT molecular complexity index is 931. The van der Waals surface area contributed by atoms with Crippen molar-refractivity contribution in [3.8, 4) is 0 Å². The van der Waals surface area contributed by atoms with Crippen LogP contribution in [0.1, 0.15) is 30.9 Å². The minimum Gasteiger partial charge on any atom is -0.312 e. The van der Waals surface area contributed by atoms with E-state index >= 15 is 0 Å². The summed E-state index contributed by atoms with van der Waals surface area (Å²) in [5, 5.41) is 8.66. The summed E-state index contributed by atoms with van der Waals surface area (Å²) < 4.78 is 0. The highest BCUT2D eigenvalue weighted by atomic mass is 35.5. The maximum atomic E-state index is 8.69. The van der Waals surface area contributed by atoms with Gasteiger partial charge < -0.3 is 5.43 Å². The average molecular weight is 407 g/mol. The van der Waals surface area contributed by atoms with Gasteiger partial charge in [0.15, 0.2) is 0 Å². The fraction of sp³-hybridized carbons (Fsp3) is 0.250. The van der Waals surface area contributed by atoms with E-state index in [9.17, 15) is 0 Å². The number of hydrogen-bond acceptors (Lipinski definition) is 3. The lowest BCUT2D eigenvalue weighted by molar-refractivity contribution is 0.741. The van der Waals surface area contributed by atoms with Gasteiger partial charge in [0.25, 0.3) is 0 Å². The van der Waals surface area contributed by atoms with E-state index < -0.39 is 0 Å². The van der Waals surface area contributed by atoms with Gasteiger partial charge in [-0.2, -0.15) is 0 Å². The molecule has 0 bridgehead atoms. The lowest BCUT2D eigenvalue weighted by Gasteiger charge is -2.18. The Labute approximate surface area is 177 Å². The smallest absolute Gasteiger partial charge is 0.116 e. The minimum atomic E-state index is -0.0301. The number of aliphatic imine (C=N–C) groups is 1. The van der Waals surface area contributed by atoms with Crippen LogP contribution >= 0.6 is 11.6 Å². The van der Waals surface area contributed by atoms with Crippen LogP contribution in [0.15, 0.2) is 83.4 Å².